The van der Waals surface area contributed by atoms with E-state index in [-0.39, 0.29) is 5.91 Å². The fourth-order valence-corrected chi connectivity index (χ4v) is 4.51. The molecule has 0 radical (unpaired) electrons. The number of rotatable bonds is 3. The van der Waals surface area contributed by atoms with Crippen molar-refractivity contribution in [3.8, 4) is 0 Å². The van der Waals surface area contributed by atoms with Gasteiger partial charge in [0.15, 0.2) is 0 Å². The topological polar surface area (TPSA) is 33.5 Å². The zero-order valence-electron chi connectivity index (χ0n) is 12.7. The third-order valence-electron chi connectivity index (χ3n) is 5.13. The van der Waals surface area contributed by atoms with Crippen LogP contribution in [-0.2, 0) is 0 Å². The molecule has 3 rings (SSSR count). The molecule has 1 amide bonds. The molecule has 2 N–H and O–H groups in total. The normalized spacial score (nSPS) is 28.0. The van der Waals surface area contributed by atoms with Crippen LogP contribution in [0.4, 0.5) is 0 Å². The predicted octanol–water partition coefficient (Wildman–Crippen LogP) is 2.57. The molecule has 5 heteroatoms. The monoisotopic (exact) mass is 341 g/mol. The van der Waals surface area contributed by atoms with Crippen LogP contribution in [-0.4, -0.2) is 31.6 Å². The molecular formula is C17H23Cl2N2O+. The third kappa shape index (κ3) is 3.58. The van der Waals surface area contributed by atoms with E-state index in [1.165, 1.54) is 45.2 Å². The number of halogens is 2. The summed E-state index contributed by atoms with van der Waals surface area (Å²) >= 11 is 12.0. The molecule has 22 heavy (non-hydrogen) atoms. The van der Waals surface area contributed by atoms with Crippen LogP contribution >= 0.6 is 23.2 Å². The maximum atomic E-state index is 12.3. The summed E-state index contributed by atoms with van der Waals surface area (Å²) in [7, 11) is 0. The Labute approximate surface area is 142 Å². The van der Waals surface area contributed by atoms with Crippen molar-refractivity contribution < 1.29 is 9.69 Å². The van der Waals surface area contributed by atoms with Gasteiger partial charge < -0.3 is 10.2 Å². The summed E-state index contributed by atoms with van der Waals surface area (Å²) in [6.45, 7) is 3.36. The molecule has 0 bridgehead atoms. The molecule has 0 spiro atoms. The Hall–Kier alpha value is -0.770. The summed E-state index contributed by atoms with van der Waals surface area (Å²) in [5, 5.41) is 4.05. The van der Waals surface area contributed by atoms with E-state index in [2.05, 4.69) is 5.32 Å². The van der Waals surface area contributed by atoms with E-state index < -0.39 is 0 Å². The Bertz CT molecular complexity index is 547. The van der Waals surface area contributed by atoms with Crippen LogP contribution < -0.4 is 10.2 Å². The standard InChI is InChI=1S/C17H22Cl2N2O/c18-13-6-7-14(15(19)10-13)17(22)20-11-12-4-3-9-21-8-2-1-5-16(12)21/h6-7,10,12,16H,1-5,8-9,11H2,(H,20,22)/p+1/t12-,16+/m0/s1. The minimum Gasteiger partial charge on any atom is -0.351 e. The number of benzene rings is 1. The van der Waals surface area contributed by atoms with Gasteiger partial charge in [-0.25, -0.2) is 0 Å². The molecule has 0 saturated carbocycles. The second-order valence-electron chi connectivity index (χ2n) is 6.50. The molecule has 1 aromatic carbocycles. The Morgan fingerprint density at radius 2 is 2.00 bits per heavy atom. The lowest BCUT2D eigenvalue weighted by Crippen LogP contribution is -3.18. The first-order valence-corrected chi connectivity index (χ1v) is 8.98. The van der Waals surface area contributed by atoms with Gasteiger partial charge in [-0.15, -0.1) is 0 Å². The summed E-state index contributed by atoms with van der Waals surface area (Å²) in [4.78, 5) is 14.1. The van der Waals surface area contributed by atoms with E-state index in [0.717, 1.165) is 12.6 Å². The highest BCUT2D eigenvalue weighted by Crippen LogP contribution is 2.22. The van der Waals surface area contributed by atoms with Crippen LogP contribution in [0, 0.1) is 5.92 Å². The van der Waals surface area contributed by atoms with Crippen molar-refractivity contribution in [2.45, 2.75) is 38.1 Å². The van der Waals surface area contributed by atoms with E-state index in [1.54, 1.807) is 23.1 Å². The molecule has 2 fully saturated rings. The van der Waals surface area contributed by atoms with Crippen molar-refractivity contribution >= 4 is 29.1 Å². The van der Waals surface area contributed by atoms with Gasteiger partial charge in [-0.05, 0) is 50.3 Å². The van der Waals surface area contributed by atoms with Crippen LogP contribution in [0.5, 0.6) is 0 Å². The van der Waals surface area contributed by atoms with Gasteiger partial charge in [0.05, 0.1) is 29.7 Å². The number of quaternary nitrogens is 1. The largest absolute Gasteiger partial charge is 0.351 e. The third-order valence-corrected chi connectivity index (χ3v) is 5.68. The molecule has 2 heterocycles. The number of fused-ring (bicyclic) bond motifs is 1. The van der Waals surface area contributed by atoms with Crippen molar-refractivity contribution in [2.24, 2.45) is 5.92 Å². The number of amides is 1. The highest BCUT2D eigenvalue weighted by molar-refractivity contribution is 6.36. The maximum absolute atomic E-state index is 12.3. The van der Waals surface area contributed by atoms with Gasteiger partial charge in [-0.2, -0.15) is 0 Å². The van der Waals surface area contributed by atoms with E-state index in [0.29, 0.717) is 21.5 Å². The molecule has 120 valence electrons. The number of carbonyl (C=O) groups is 1. The second kappa shape index (κ2) is 7.20. The predicted molar refractivity (Wildman–Crippen MR) is 89.9 cm³/mol. The van der Waals surface area contributed by atoms with Gasteiger partial charge in [-0.3, -0.25) is 4.79 Å². The number of nitrogens with one attached hydrogen (secondary N) is 2. The Kier molecular flexibility index (Phi) is 5.27. The number of piperidine rings is 2. The summed E-state index contributed by atoms with van der Waals surface area (Å²) in [5.41, 5.74) is 0.509. The summed E-state index contributed by atoms with van der Waals surface area (Å²) in [6, 6.07) is 5.74. The Morgan fingerprint density at radius 3 is 2.82 bits per heavy atom. The molecule has 1 unspecified atom stereocenters. The first-order valence-electron chi connectivity index (χ1n) is 8.23. The average Bonchev–Trinajstić information content (AvgIpc) is 2.52. The van der Waals surface area contributed by atoms with Crippen LogP contribution in [0.1, 0.15) is 42.5 Å². The number of hydrogen-bond donors (Lipinski definition) is 2. The summed E-state index contributed by atoms with van der Waals surface area (Å²) in [5.74, 6) is 0.503. The quantitative estimate of drug-likeness (QED) is 0.870. The lowest BCUT2D eigenvalue weighted by molar-refractivity contribution is -0.939. The van der Waals surface area contributed by atoms with Crippen molar-refractivity contribution in [1.29, 1.82) is 0 Å². The molecule has 2 saturated heterocycles. The Balaban J connectivity index is 1.60. The van der Waals surface area contributed by atoms with Crippen LogP contribution in [0.3, 0.4) is 0 Å². The highest BCUT2D eigenvalue weighted by atomic mass is 35.5. The van der Waals surface area contributed by atoms with E-state index in [4.69, 9.17) is 23.2 Å². The van der Waals surface area contributed by atoms with Crippen molar-refractivity contribution in [3.63, 3.8) is 0 Å². The van der Waals surface area contributed by atoms with Gasteiger partial charge in [0.2, 0.25) is 0 Å². The molecule has 0 aliphatic carbocycles. The molecule has 2 aliphatic heterocycles. The van der Waals surface area contributed by atoms with Crippen LogP contribution in [0.2, 0.25) is 10.0 Å². The minimum atomic E-state index is -0.0930. The summed E-state index contributed by atoms with van der Waals surface area (Å²) < 4.78 is 0. The van der Waals surface area contributed by atoms with Gasteiger partial charge >= 0.3 is 0 Å². The minimum absolute atomic E-state index is 0.0930. The average molecular weight is 342 g/mol. The SMILES string of the molecule is O=C(NC[C@@H]1CCC[NH+]2CCCC[C@H]12)c1ccc(Cl)cc1Cl. The van der Waals surface area contributed by atoms with E-state index in [9.17, 15) is 4.79 Å². The van der Waals surface area contributed by atoms with E-state index >= 15 is 0 Å². The smallest absolute Gasteiger partial charge is 0.252 e. The molecule has 3 atom stereocenters. The lowest BCUT2D eigenvalue weighted by Gasteiger charge is -2.41. The fourth-order valence-electron chi connectivity index (χ4n) is 4.01. The van der Waals surface area contributed by atoms with Gasteiger partial charge in [0.1, 0.15) is 0 Å². The Morgan fingerprint density at radius 1 is 1.18 bits per heavy atom. The lowest BCUT2D eigenvalue weighted by atomic mass is 9.83. The van der Waals surface area contributed by atoms with Gasteiger partial charge in [0.25, 0.3) is 5.91 Å². The first kappa shape index (κ1) is 16.1. The molecule has 2 aliphatic rings. The van der Waals surface area contributed by atoms with Crippen molar-refractivity contribution in [3.05, 3.63) is 33.8 Å². The van der Waals surface area contributed by atoms with Gasteiger partial charge in [0, 0.05) is 17.5 Å². The van der Waals surface area contributed by atoms with Crippen molar-refractivity contribution in [1.82, 2.24) is 5.32 Å². The highest BCUT2D eigenvalue weighted by Gasteiger charge is 2.36. The van der Waals surface area contributed by atoms with Crippen LogP contribution in [0.25, 0.3) is 0 Å². The maximum Gasteiger partial charge on any atom is 0.252 e. The molecule has 3 nitrogen and oxygen atoms in total. The van der Waals surface area contributed by atoms with Gasteiger partial charge in [-0.1, -0.05) is 23.2 Å². The zero-order chi connectivity index (χ0) is 15.5. The second-order valence-corrected chi connectivity index (χ2v) is 7.34. The molecule has 1 aromatic rings. The molecule has 0 aromatic heterocycles. The van der Waals surface area contributed by atoms with Crippen molar-refractivity contribution in [2.75, 3.05) is 19.6 Å². The number of carbonyl (C=O) groups excluding carboxylic acids is 1. The first-order chi connectivity index (χ1) is 10.6. The fraction of sp³-hybridized carbons (Fsp3) is 0.588. The van der Waals surface area contributed by atoms with E-state index in [1.807, 2.05) is 0 Å². The summed E-state index contributed by atoms with van der Waals surface area (Å²) in [6.07, 6.45) is 6.49. The van der Waals surface area contributed by atoms with Crippen LogP contribution in [0.15, 0.2) is 18.2 Å². The number of hydrogen-bond acceptors (Lipinski definition) is 1. The molecular weight excluding hydrogens is 319 g/mol. The zero-order valence-corrected chi connectivity index (χ0v) is 14.2.